The second-order valence-electron chi connectivity index (χ2n) is 5.14. The summed E-state index contributed by atoms with van der Waals surface area (Å²) in [7, 11) is 0. The third-order valence-electron chi connectivity index (χ3n) is 3.56. The molecule has 0 saturated carbocycles. The van der Waals surface area contributed by atoms with Crippen molar-refractivity contribution in [1.82, 2.24) is 10.2 Å². The molecule has 1 aromatic rings. The molecule has 114 valence electrons. The number of nitrogens with one attached hydrogen (secondary N) is 1. The molecule has 2 N–H and O–H groups in total. The number of morpholine rings is 1. The van der Waals surface area contributed by atoms with Crippen LogP contribution in [0.2, 0.25) is 0 Å². The molecule has 0 bridgehead atoms. The molecule has 1 aliphatic rings. The molecular formula is C15H20N2O4. The summed E-state index contributed by atoms with van der Waals surface area (Å²) in [5.74, 6) is -0.836. The molecular weight excluding hydrogens is 272 g/mol. The second kappa shape index (κ2) is 7.08. The van der Waals surface area contributed by atoms with Gasteiger partial charge in [0.15, 0.2) is 6.10 Å². The Bertz CT molecular complexity index is 492. The van der Waals surface area contributed by atoms with Gasteiger partial charge in [0.25, 0.3) is 0 Å². The topological polar surface area (TPSA) is 78.9 Å². The maximum atomic E-state index is 12.1. The fourth-order valence-electron chi connectivity index (χ4n) is 2.23. The van der Waals surface area contributed by atoms with Crippen LogP contribution in [0.5, 0.6) is 0 Å². The Morgan fingerprint density at radius 1 is 1.43 bits per heavy atom. The quantitative estimate of drug-likeness (QED) is 0.876. The maximum Gasteiger partial charge on any atom is 0.334 e. The van der Waals surface area contributed by atoms with Crippen LogP contribution in [0.1, 0.15) is 18.4 Å². The van der Waals surface area contributed by atoms with E-state index in [9.17, 15) is 9.59 Å². The summed E-state index contributed by atoms with van der Waals surface area (Å²) in [5.41, 5.74) is 1.16. The molecule has 2 rings (SSSR count). The number of hydrogen-bond donors (Lipinski definition) is 2. The van der Waals surface area contributed by atoms with E-state index in [4.69, 9.17) is 9.84 Å². The normalized spacial score (nSPS) is 19.9. The van der Waals surface area contributed by atoms with Gasteiger partial charge >= 0.3 is 12.0 Å². The van der Waals surface area contributed by atoms with Crippen molar-refractivity contribution in [3.8, 4) is 0 Å². The number of ether oxygens (including phenoxy) is 1. The zero-order valence-electron chi connectivity index (χ0n) is 12.0. The average molecular weight is 292 g/mol. The SMILES string of the molecule is CC(CNC(=O)N1CCOC(C(=O)O)C1)c1ccccc1. The van der Waals surface area contributed by atoms with Gasteiger partial charge in [0.05, 0.1) is 13.2 Å². The van der Waals surface area contributed by atoms with E-state index >= 15 is 0 Å². The molecule has 1 heterocycles. The molecule has 2 atom stereocenters. The van der Waals surface area contributed by atoms with Crippen molar-refractivity contribution in [1.29, 1.82) is 0 Å². The summed E-state index contributed by atoms with van der Waals surface area (Å²) < 4.78 is 5.09. The molecule has 6 nitrogen and oxygen atoms in total. The molecule has 1 fully saturated rings. The molecule has 1 saturated heterocycles. The number of carbonyl (C=O) groups is 2. The zero-order chi connectivity index (χ0) is 15.2. The number of amides is 2. The van der Waals surface area contributed by atoms with Gasteiger partial charge in [-0.3, -0.25) is 0 Å². The molecule has 2 amide bonds. The van der Waals surface area contributed by atoms with E-state index in [0.29, 0.717) is 13.1 Å². The number of urea groups is 1. The first kappa shape index (κ1) is 15.3. The predicted octanol–water partition coefficient (Wildman–Crippen LogP) is 1.29. The molecule has 0 aromatic heterocycles. The molecule has 0 radical (unpaired) electrons. The van der Waals surface area contributed by atoms with Crippen molar-refractivity contribution in [3.63, 3.8) is 0 Å². The van der Waals surface area contributed by atoms with Crippen molar-refractivity contribution < 1.29 is 19.4 Å². The summed E-state index contributed by atoms with van der Waals surface area (Å²) in [6.45, 7) is 3.29. The van der Waals surface area contributed by atoms with Crippen LogP contribution in [0.3, 0.4) is 0 Å². The number of rotatable bonds is 4. The number of benzene rings is 1. The van der Waals surface area contributed by atoms with E-state index in [0.717, 1.165) is 5.56 Å². The Morgan fingerprint density at radius 2 is 2.14 bits per heavy atom. The van der Waals surface area contributed by atoms with E-state index in [-0.39, 0.29) is 25.1 Å². The Labute approximate surface area is 123 Å². The Hall–Kier alpha value is -2.08. The lowest BCUT2D eigenvalue weighted by atomic mass is 10.0. The summed E-state index contributed by atoms with van der Waals surface area (Å²) in [5, 5.41) is 11.8. The van der Waals surface area contributed by atoms with Crippen molar-refractivity contribution in [2.75, 3.05) is 26.2 Å². The lowest BCUT2D eigenvalue weighted by Crippen LogP contribution is -2.52. The molecule has 0 aliphatic carbocycles. The number of carbonyl (C=O) groups excluding carboxylic acids is 1. The molecule has 1 aliphatic heterocycles. The summed E-state index contributed by atoms with van der Waals surface area (Å²) >= 11 is 0. The van der Waals surface area contributed by atoms with Gasteiger partial charge in [0.1, 0.15) is 0 Å². The van der Waals surface area contributed by atoms with Crippen LogP contribution in [0, 0.1) is 0 Å². The number of hydrogen-bond acceptors (Lipinski definition) is 3. The fourth-order valence-corrected chi connectivity index (χ4v) is 2.23. The summed E-state index contributed by atoms with van der Waals surface area (Å²) in [4.78, 5) is 24.4. The third-order valence-corrected chi connectivity index (χ3v) is 3.56. The predicted molar refractivity (Wildman–Crippen MR) is 77.2 cm³/mol. The molecule has 1 aromatic carbocycles. The first-order valence-corrected chi connectivity index (χ1v) is 7.00. The van der Waals surface area contributed by atoms with Crippen molar-refractivity contribution in [3.05, 3.63) is 35.9 Å². The van der Waals surface area contributed by atoms with Gasteiger partial charge in [0, 0.05) is 13.1 Å². The van der Waals surface area contributed by atoms with E-state index in [1.807, 2.05) is 37.3 Å². The van der Waals surface area contributed by atoms with Gasteiger partial charge in [0.2, 0.25) is 0 Å². The molecule has 21 heavy (non-hydrogen) atoms. The lowest BCUT2D eigenvalue weighted by molar-refractivity contribution is -0.154. The third kappa shape index (κ3) is 4.19. The minimum atomic E-state index is -1.04. The Morgan fingerprint density at radius 3 is 2.81 bits per heavy atom. The van der Waals surface area contributed by atoms with Crippen LogP contribution in [0.25, 0.3) is 0 Å². The van der Waals surface area contributed by atoms with E-state index in [2.05, 4.69) is 5.32 Å². The standard InChI is InChI=1S/C15H20N2O4/c1-11(12-5-3-2-4-6-12)9-16-15(20)17-7-8-21-13(10-17)14(18)19/h2-6,11,13H,7-10H2,1H3,(H,16,20)(H,18,19). The van der Waals surface area contributed by atoms with E-state index < -0.39 is 12.1 Å². The second-order valence-corrected chi connectivity index (χ2v) is 5.14. The summed E-state index contributed by atoms with van der Waals surface area (Å²) in [6, 6.07) is 9.68. The minimum Gasteiger partial charge on any atom is -0.479 e. The van der Waals surface area contributed by atoms with Gasteiger partial charge in [-0.05, 0) is 11.5 Å². The largest absolute Gasteiger partial charge is 0.479 e. The van der Waals surface area contributed by atoms with Crippen LogP contribution >= 0.6 is 0 Å². The highest BCUT2D eigenvalue weighted by molar-refractivity contribution is 5.77. The van der Waals surface area contributed by atoms with E-state index in [1.54, 1.807) is 0 Å². The van der Waals surface area contributed by atoms with Crippen LogP contribution in [0.15, 0.2) is 30.3 Å². The summed E-state index contributed by atoms with van der Waals surface area (Å²) in [6.07, 6.45) is -0.934. The minimum absolute atomic E-state index is 0.0842. The average Bonchev–Trinajstić information content (AvgIpc) is 2.53. The Kier molecular flexibility index (Phi) is 5.16. The highest BCUT2D eigenvalue weighted by atomic mass is 16.5. The van der Waals surface area contributed by atoms with E-state index in [1.165, 1.54) is 4.90 Å². The number of aliphatic carboxylic acids is 1. The maximum absolute atomic E-state index is 12.1. The van der Waals surface area contributed by atoms with Crippen LogP contribution in [-0.4, -0.2) is 54.4 Å². The number of carboxylic acids is 1. The van der Waals surface area contributed by atoms with Crippen molar-refractivity contribution in [2.24, 2.45) is 0 Å². The van der Waals surface area contributed by atoms with Gasteiger partial charge in [-0.1, -0.05) is 37.3 Å². The molecule has 6 heteroatoms. The monoisotopic (exact) mass is 292 g/mol. The van der Waals surface area contributed by atoms with Crippen LogP contribution in [0.4, 0.5) is 4.79 Å². The van der Waals surface area contributed by atoms with Gasteiger partial charge in [-0.25, -0.2) is 9.59 Å². The highest BCUT2D eigenvalue weighted by Gasteiger charge is 2.28. The fraction of sp³-hybridized carbons (Fsp3) is 0.467. The van der Waals surface area contributed by atoms with Gasteiger partial charge in [-0.2, -0.15) is 0 Å². The van der Waals surface area contributed by atoms with Crippen LogP contribution in [-0.2, 0) is 9.53 Å². The van der Waals surface area contributed by atoms with Gasteiger partial charge in [-0.15, -0.1) is 0 Å². The molecule has 2 unspecified atom stereocenters. The number of nitrogens with zero attached hydrogens (tertiary/aromatic N) is 1. The first-order chi connectivity index (χ1) is 10.1. The highest BCUT2D eigenvalue weighted by Crippen LogP contribution is 2.13. The number of carboxylic acid groups (broad SMARTS) is 1. The van der Waals surface area contributed by atoms with Crippen molar-refractivity contribution in [2.45, 2.75) is 18.9 Å². The smallest absolute Gasteiger partial charge is 0.334 e. The molecule has 0 spiro atoms. The zero-order valence-corrected chi connectivity index (χ0v) is 12.0. The lowest BCUT2D eigenvalue weighted by Gasteiger charge is -2.31. The first-order valence-electron chi connectivity index (χ1n) is 7.00. The van der Waals surface area contributed by atoms with Crippen LogP contribution < -0.4 is 5.32 Å². The Balaban J connectivity index is 1.83. The van der Waals surface area contributed by atoms with Crippen molar-refractivity contribution >= 4 is 12.0 Å². The van der Waals surface area contributed by atoms with Gasteiger partial charge < -0.3 is 20.1 Å².